The quantitative estimate of drug-likeness (QED) is 0.384. The van der Waals surface area contributed by atoms with E-state index in [1.165, 1.54) is 11.0 Å². The highest BCUT2D eigenvalue weighted by atomic mass is 19.4. The molecule has 1 aromatic heterocycles. The van der Waals surface area contributed by atoms with Crippen LogP contribution in [0.3, 0.4) is 0 Å². The second-order valence-electron chi connectivity index (χ2n) is 9.57. The zero-order chi connectivity index (χ0) is 26.8. The first-order valence-corrected chi connectivity index (χ1v) is 12.1. The van der Waals surface area contributed by atoms with Crippen molar-refractivity contribution < 1.29 is 27.2 Å². The number of carbonyl (C=O) groups is 2. The second kappa shape index (κ2) is 8.67. The average Bonchev–Trinajstić information content (AvgIpc) is 3.56. The highest BCUT2D eigenvalue weighted by Crippen LogP contribution is 2.43. The van der Waals surface area contributed by atoms with Crippen LogP contribution in [0.1, 0.15) is 45.5 Å². The maximum absolute atomic E-state index is 14.6. The van der Waals surface area contributed by atoms with Gasteiger partial charge in [-0.15, -0.1) is 0 Å². The standard InChI is InChI=1S/C26H22F4N6O2/c1-34-24(38)20-22(31-15-6-3-2-4-7-15)33-35(23(20)36-19-9-5-8-18(19)32-25(34)36)13-14-10-11-16(17(27)12-14)21(37)26(28,29)30/h2-4,6-7,10-12,18-19H,5,8-9,13H2,1H3,(H,31,33)/t18-,19+/m1/s1. The number of amides is 1. The number of nitrogens with one attached hydrogen (secondary N) is 1. The van der Waals surface area contributed by atoms with E-state index in [2.05, 4.69) is 10.4 Å². The molecule has 3 heterocycles. The smallest absolute Gasteiger partial charge is 0.338 e. The number of guanidine groups is 1. The molecule has 1 saturated carbocycles. The van der Waals surface area contributed by atoms with Gasteiger partial charge in [0.1, 0.15) is 17.2 Å². The first kappa shape index (κ1) is 24.1. The summed E-state index contributed by atoms with van der Waals surface area (Å²) < 4.78 is 54.7. The number of benzene rings is 2. The van der Waals surface area contributed by atoms with E-state index in [-0.39, 0.29) is 30.1 Å². The summed E-state index contributed by atoms with van der Waals surface area (Å²) in [4.78, 5) is 33.4. The van der Waals surface area contributed by atoms with Crippen LogP contribution in [-0.4, -0.2) is 57.6 Å². The zero-order valence-electron chi connectivity index (χ0n) is 20.2. The molecule has 1 N–H and O–H groups in total. The number of aromatic nitrogens is 2. The van der Waals surface area contributed by atoms with Gasteiger partial charge >= 0.3 is 6.18 Å². The van der Waals surface area contributed by atoms with Crippen LogP contribution < -0.4 is 10.2 Å². The Hall–Kier alpha value is -4.22. The van der Waals surface area contributed by atoms with Gasteiger partial charge in [-0.2, -0.15) is 18.3 Å². The predicted octanol–water partition coefficient (Wildman–Crippen LogP) is 4.74. The molecule has 196 valence electrons. The Morgan fingerprint density at radius 1 is 1.13 bits per heavy atom. The Kier molecular flexibility index (Phi) is 5.51. The molecule has 3 aromatic rings. The van der Waals surface area contributed by atoms with Gasteiger partial charge in [-0.25, -0.2) is 14.1 Å². The van der Waals surface area contributed by atoms with Crippen molar-refractivity contribution in [2.45, 2.75) is 44.1 Å². The van der Waals surface area contributed by atoms with Gasteiger partial charge < -0.3 is 5.32 Å². The predicted molar refractivity (Wildman–Crippen MR) is 131 cm³/mol. The first-order chi connectivity index (χ1) is 18.1. The molecular formula is C26H22F4N6O2. The number of anilines is 3. The fourth-order valence-corrected chi connectivity index (χ4v) is 5.41. The number of alkyl halides is 3. The van der Waals surface area contributed by atoms with Crippen LogP contribution in [0.2, 0.25) is 0 Å². The van der Waals surface area contributed by atoms with Gasteiger partial charge in [0.2, 0.25) is 5.96 Å². The van der Waals surface area contributed by atoms with Gasteiger partial charge in [0.25, 0.3) is 11.7 Å². The summed E-state index contributed by atoms with van der Waals surface area (Å²) in [6.07, 6.45) is -2.43. The molecule has 12 heteroatoms. The molecule has 8 nitrogen and oxygen atoms in total. The number of Topliss-reactive ketones (excluding diaryl/α,β-unsaturated/α-hetero) is 1. The van der Waals surface area contributed by atoms with Crippen molar-refractivity contribution in [3.05, 3.63) is 71.0 Å². The number of ketones is 1. The monoisotopic (exact) mass is 526 g/mol. The molecule has 2 aliphatic heterocycles. The Morgan fingerprint density at radius 3 is 2.61 bits per heavy atom. The van der Waals surface area contributed by atoms with E-state index in [9.17, 15) is 27.2 Å². The van der Waals surface area contributed by atoms with Crippen molar-refractivity contribution in [1.82, 2.24) is 14.7 Å². The summed E-state index contributed by atoms with van der Waals surface area (Å²) in [6, 6.07) is 12.2. The van der Waals surface area contributed by atoms with Crippen LogP contribution in [0.25, 0.3) is 0 Å². The number of halogens is 4. The molecule has 2 aromatic carbocycles. The van der Waals surface area contributed by atoms with E-state index in [1.807, 2.05) is 35.2 Å². The fourth-order valence-electron chi connectivity index (χ4n) is 5.41. The third kappa shape index (κ3) is 3.82. The molecule has 1 fully saturated rings. The maximum Gasteiger partial charge on any atom is 0.454 e. The molecule has 0 radical (unpaired) electrons. The van der Waals surface area contributed by atoms with Gasteiger partial charge in [-0.3, -0.25) is 19.4 Å². The second-order valence-corrected chi connectivity index (χ2v) is 9.57. The molecule has 0 unspecified atom stereocenters. The Balaban J connectivity index is 1.44. The van der Waals surface area contributed by atoms with Crippen LogP contribution in [0.5, 0.6) is 0 Å². The minimum Gasteiger partial charge on any atom is -0.338 e. The largest absolute Gasteiger partial charge is 0.454 e. The number of hydrogen-bond donors (Lipinski definition) is 1. The van der Waals surface area contributed by atoms with Gasteiger partial charge in [-0.1, -0.05) is 24.3 Å². The van der Waals surface area contributed by atoms with E-state index < -0.39 is 23.3 Å². The van der Waals surface area contributed by atoms with Crippen molar-refractivity contribution in [3.63, 3.8) is 0 Å². The summed E-state index contributed by atoms with van der Waals surface area (Å²) in [5.41, 5.74) is 0.267. The Bertz CT molecular complexity index is 1480. The lowest BCUT2D eigenvalue weighted by Gasteiger charge is -2.35. The van der Waals surface area contributed by atoms with Crippen molar-refractivity contribution >= 4 is 35.0 Å². The highest BCUT2D eigenvalue weighted by molar-refractivity contribution is 6.21. The number of rotatable bonds is 5. The van der Waals surface area contributed by atoms with Crippen LogP contribution in [-0.2, 0) is 6.54 Å². The minimum atomic E-state index is -5.18. The van der Waals surface area contributed by atoms with Crippen LogP contribution in [0.4, 0.5) is 34.9 Å². The van der Waals surface area contributed by atoms with Crippen molar-refractivity contribution in [3.8, 4) is 0 Å². The van der Waals surface area contributed by atoms with Gasteiger partial charge in [0.05, 0.1) is 24.2 Å². The third-order valence-corrected chi connectivity index (χ3v) is 7.15. The lowest BCUT2D eigenvalue weighted by atomic mass is 10.1. The van der Waals surface area contributed by atoms with Crippen molar-refractivity contribution in [1.29, 1.82) is 0 Å². The molecule has 3 aliphatic rings. The number of para-hydroxylation sites is 1. The molecule has 1 aliphatic carbocycles. The minimum absolute atomic E-state index is 0.0304. The first-order valence-electron chi connectivity index (χ1n) is 12.1. The van der Waals surface area contributed by atoms with Crippen LogP contribution in [0.15, 0.2) is 53.5 Å². The number of nitrogens with zero attached hydrogens (tertiary/aromatic N) is 5. The lowest BCUT2D eigenvalue weighted by Crippen LogP contribution is -2.52. The van der Waals surface area contributed by atoms with Gasteiger partial charge in [0, 0.05) is 12.7 Å². The zero-order valence-corrected chi connectivity index (χ0v) is 20.2. The third-order valence-electron chi connectivity index (χ3n) is 7.15. The molecule has 38 heavy (non-hydrogen) atoms. The van der Waals surface area contributed by atoms with Crippen LogP contribution >= 0.6 is 0 Å². The number of fused-ring (bicyclic) bond motifs is 5. The normalized spacial score (nSPS) is 20.2. The number of hydrogen-bond acceptors (Lipinski definition) is 6. The number of aliphatic imine (C=N–C) groups is 1. The van der Waals surface area contributed by atoms with E-state index in [0.717, 1.165) is 31.4 Å². The molecular weight excluding hydrogens is 504 g/mol. The maximum atomic E-state index is 14.6. The Morgan fingerprint density at radius 2 is 1.89 bits per heavy atom. The van der Waals surface area contributed by atoms with E-state index in [4.69, 9.17) is 4.99 Å². The Labute approximate surface area is 214 Å². The van der Waals surface area contributed by atoms with E-state index in [1.54, 1.807) is 11.7 Å². The molecule has 6 rings (SSSR count). The number of carbonyl (C=O) groups excluding carboxylic acids is 2. The lowest BCUT2D eigenvalue weighted by molar-refractivity contribution is -0.0887. The summed E-state index contributed by atoms with van der Waals surface area (Å²) in [7, 11) is 1.66. The topological polar surface area (TPSA) is 82.8 Å². The van der Waals surface area contributed by atoms with Gasteiger partial charge in [-0.05, 0) is 49.1 Å². The van der Waals surface area contributed by atoms with Crippen molar-refractivity contribution in [2.75, 3.05) is 17.3 Å². The fraction of sp³-hybridized carbons (Fsp3) is 0.308. The highest BCUT2D eigenvalue weighted by Gasteiger charge is 2.49. The molecule has 0 bridgehead atoms. The van der Waals surface area contributed by atoms with Gasteiger partial charge in [0.15, 0.2) is 5.82 Å². The molecule has 0 spiro atoms. The summed E-state index contributed by atoms with van der Waals surface area (Å²) >= 11 is 0. The molecule has 0 saturated heterocycles. The van der Waals surface area contributed by atoms with E-state index in [0.29, 0.717) is 28.8 Å². The molecule has 1 amide bonds. The summed E-state index contributed by atoms with van der Waals surface area (Å²) in [5.74, 6) is -2.52. The van der Waals surface area contributed by atoms with Crippen LogP contribution in [0, 0.1) is 5.82 Å². The average molecular weight is 526 g/mol. The van der Waals surface area contributed by atoms with Crippen molar-refractivity contribution in [2.24, 2.45) is 4.99 Å². The summed E-state index contributed by atoms with van der Waals surface area (Å²) in [6.45, 7) is -0.0472. The van der Waals surface area contributed by atoms with E-state index >= 15 is 0 Å². The SMILES string of the molecule is CN1C(=O)c2c(Nc3ccccc3)nn(Cc3ccc(C(=O)C(F)(F)F)c(F)c3)c2N2C1=N[C@@H]1CCC[C@@H]12. The molecule has 2 atom stereocenters. The summed E-state index contributed by atoms with van der Waals surface area (Å²) in [5, 5.41) is 7.85.